The first kappa shape index (κ1) is 32.4. The molecule has 9 heteroatoms. The van der Waals surface area contributed by atoms with Crippen molar-refractivity contribution < 1.29 is 38.1 Å². The van der Waals surface area contributed by atoms with Gasteiger partial charge in [-0.1, -0.05) is 61.2 Å². The van der Waals surface area contributed by atoms with Crippen LogP contribution in [0.25, 0.3) is 10.8 Å². The van der Waals surface area contributed by atoms with Crippen molar-refractivity contribution in [2.45, 2.75) is 51.1 Å². The topological polar surface area (TPSA) is 84.9 Å². The van der Waals surface area contributed by atoms with E-state index in [1.165, 1.54) is 0 Å². The number of nitrogens with zero attached hydrogens (tertiary/aromatic N) is 1. The molecule has 1 aliphatic rings. The van der Waals surface area contributed by atoms with Gasteiger partial charge in [0, 0.05) is 25.1 Å². The lowest BCUT2D eigenvalue weighted by molar-refractivity contribution is -0.246. The average Bonchev–Trinajstić information content (AvgIpc) is 2.98. The highest BCUT2D eigenvalue weighted by atomic mass is 16.8. The molecule has 4 rings (SSSR count). The van der Waals surface area contributed by atoms with E-state index in [2.05, 4.69) is 30.8 Å². The molecular formula is C34H43NO8. The number of benzene rings is 3. The molecule has 3 aromatic rings. The summed E-state index contributed by atoms with van der Waals surface area (Å²) in [5.41, 5.74) is 1.27. The lowest BCUT2D eigenvalue weighted by atomic mass is 9.87. The number of fused-ring (bicyclic) bond motifs is 1. The second kappa shape index (κ2) is 15.8. The molecule has 0 N–H and O–H groups in total. The smallest absolute Gasteiger partial charge is 0.490 e. The minimum absolute atomic E-state index is 0.00657. The summed E-state index contributed by atoms with van der Waals surface area (Å²) >= 11 is 0. The summed E-state index contributed by atoms with van der Waals surface area (Å²) in [4.78, 5) is 18.1. The van der Waals surface area contributed by atoms with Crippen LogP contribution in [0.3, 0.4) is 0 Å². The maximum atomic E-state index is 12.5. The molecule has 0 aliphatic carbocycles. The predicted octanol–water partition coefficient (Wildman–Crippen LogP) is 6.78. The Kier molecular flexibility index (Phi) is 12.0. The number of hydrogen-bond donors (Lipinski definition) is 0. The molecule has 3 aromatic carbocycles. The van der Waals surface area contributed by atoms with Gasteiger partial charge in [0.05, 0.1) is 25.9 Å². The molecule has 0 saturated carbocycles. The summed E-state index contributed by atoms with van der Waals surface area (Å²) in [5.74, 6) is 0.755. The van der Waals surface area contributed by atoms with Gasteiger partial charge < -0.3 is 33.3 Å². The summed E-state index contributed by atoms with van der Waals surface area (Å²) in [5, 5.41) is 3.79. The van der Waals surface area contributed by atoms with E-state index in [9.17, 15) is 4.79 Å². The predicted molar refractivity (Wildman–Crippen MR) is 164 cm³/mol. The van der Waals surface area contributed by atoms with Crippen molar-refractivity contribution in [1.82, 2.24) is 5.06 Å². The summed E-state index contributed by atoms with van der Waals surface area (Å²) in [6, 6.07) is 22.2. The molecular weight excluding hydrogens is 550 g/mol. The molecule has 1 heterocycles. The Labute approximate surface area is 254 Å². The standard InChI is InChI=1S/C34H43NO8/c1-6-19-39-29-15-13-26(14-16-29)30-17-18-35(43-33(36)42-34(2,3)4)23-31(30)41-32(40-24-38-21-20-37-5)28-12-11-25-9-7-8-10-27(25)22-28/h6-16,22,30-32H,1,17-21,23-24H2,2-5H3. The summed E-state index contributed by atoms with van der Waals surface area (Å²) in [7, 11) is 1.62. The monoisotopic (exact) mass is 593 g/mol. The maximum absolute atomic E-state index is 12.5. The Bertz CT molecular complexity index is 1310. The van der Waals surface area contributed by atoms with E-state index in [-0.39, 0.29) is 12.7 Å². The van der Waals surface area contributed by atoms with Crippen molar-refractivity contribution in [2.75, 3.05) is 46.8 Å². The van der Waals surface area contributed by atoms with Crippen LogP contribution in [0.4, 0.5) is 4.79 Å². The summed E-state index contributed by atoms with van der Waals surface area (Å²) in [6.45, 7) is 11.2. The third-order valence-electron chi connectivity index (χ3n) is 6.87. The second-order valence-corrected chi connectivity index (χ2v) is 11.3. The number of carbonyl (C=O) groups excluding carboxylic acids is 1. The van der Waals surface area contributed by atoms with Crippen molar-refractivity contribution in [3.05, 3.63) is 90.5 Å². The van der Waals surface area contributed by atoms with Gasteiger partial charge in [-0.2, -0.15) is 0 Å². The van der Waals surface area contributed by atoms with Gasteiger partial charge in [0.15, 0.2) is 6.29 Å². The van der Waals surface area contributed by atoms with Crippen LogP contribution in [0, 0.1) is 0 Å². The highest BCUT2D eigenvalue weighted by molar-refractivity contribution is 5.83. The molecule has 9 nitrogen and oxygen atoms in total. The van der Waals surface area contributed by atoms with Gasteiger partial charge in [0.1, 0.15) is 24.8 Å². The van der Waals surface area contributed by atoms with Crippen LogP contribution < -0.4 is 4.74 Å². The van der Waals surface area contributed by atoms with Crippen LogP contribution in [0.15, 0.2) is 79.4 Å². The summed E-state index contributed by atoms with van der Waals surface area (Å²) < 4.78 is 34.7. The molecule has 43 heavy (non-hydrogen) atoms. The van der Waals surface area contributed by atoms with Crippen molar-refractivity contribution in [1.29, 1.82) is 0 Å². The van der Waals surface area contributed by atoms with Crippen molar-refractivity contribution >= 4 is 16.9 Å². The lowest BCUT2D eigenvalue weighted by Crippen LogP contribution is -2.46. The molecule has 1 saturated heterocycles. The first-order chi connectivity index (χ1) is 20.8. The Morgan fingerprint density at radius 3 is 2.53 bits per heavy atom. The number of methoxy groups -OCH3 is 1. The SMILES string of the molecule is C=CCOc1ccc(C2CCN(OC(=O)OC(C)(C)C)CC2OC(OCOCCOC)c2ccc3ccccc3c2)cc1. The van der Waals surface area contributed by atoms with E-state index in [0.29, 0.717) is 39.3 Å². The van der Waals surface area contributed by atoms with Crippen LogP contribution in [-0.4, -0.2) is 69.7 Å². The number of piperidine rings is 1. The Morgan fingerprint density at radius 2 is 1.81 bits per heavy atom. The summed E-state index contributed by atoms with van der Waals surface area (Å²) in [6.07, 6.45) is 0.504. The van der Waals surface area contributed by atoms with Gasteiger partial charge in [0.25, 0.3) is 0 Å². The van der Waals surface area contributed by atoms with Gasteiger partial charge >= 0.3 is 6.16 Å². The highest BCUT2D eigenvalue weighted by Crippen LogP contribution is 2.36. The maximum Gasteiger partial charge on any atom is 0.528 e. The van der Waals surface area contributed by atoms with Crippen molar-refractivity contribution in [3.63, 3.8) is 0 Å². The van der Waals surface area contributed by atoms with E-state index < -0.39 is 24.2 Å². The van der Waals surface area contributed by atoms with E-state index in [1.54, 1.807) is 39.0 Å². The van der Waals surface area contributed by atoms with E-state index >= 15 is 0 Å². The molecule has 1 fully saturated rings. The Balaban J connectivity index is 1.58. The average molecular weight is 594 g/mol. The highest BCUT2D eigenvalue weighted by Gasteiger charge is 2.36. The minimum Gasteiger partial charge on any atom is -0.490 e. The number of ether oxygens (including phenoxy) is 6. The molecule has 0 radical (unpaired) electrons. The number of carbonyl (C=O) groups is 1. The fraction of sp³-hybridized carbons (Fsp3) is 0.441. The number of hydroxylamine groups is 2. The van der Waals surface area contributed by atoms with Crippen LogP contribution in [-0.2, 0) is 28.5 Å². The first-order valence-electron chi connectivity index (χ1n) is 14.6. The fourth-order valence-corrected chi connectivity index (χ4v) is 4.87. The molecule has 3 atom stereocenters. The Hall–Kier alpha value is -3.47. The first-order valence-corrected chi connectivity index (χ1v) is 14.6. The van der Waals surface area contributed by atoms with Crippen LogP contribution in [0.1, 0.15) is 50.5 Å². The molecule has 0 amide bonds. The van der Waals surface area contributed by atoms with Gasteiger partial charge in [-0.3, -0.25) is 0 Å². The van der Waals surface area contributed by atoms with Crippen LogP contribution in [0.2, 0.25) is 0 Å². The zero-order valence-corrected chi connectivity index (χ0v) is 25.5. The molecule has 0 bridgehead atoms. The van der Waals surface area contributed by atoms with E-state index in [4.69, 9.17) is 33.3 Å². The molecule has 1 aliphatic heterocycles. The van der Waals surface area contributed by atoms with E-state index in [0.717, 1.165) is 27.6 Å². The third-order valence-corrected chi connectivity index (χ3v) is 6.87. The van der Waals surface area contributed by atoms with Gasteiger partial charge in [-0.25, -0.2) is 4.79 Å². The van der Waals surface area contributed by atoms with Crippen LogP contribution in [0.5, 0.6) is 5.75 Å². The number of hydrogen-bond acceptors (Lipinski definition) is 9. The molecule has 0 spiro atoms. The third kappa shape index (κ3) is 10.0. The zero-order valence-electron chi connectivity index (χ0n) is 25.5. The molecule has 0 aromatic heterocycles. The largest absolute Gasteiger partial charge is 0.528 e. The fourth-order valence-electron chi connectivity index (χ4n) is 4.87. The number of rotatable bonds is 14. The quantitative estimate of drug-likeness (QED) is 0.0869. The zero-order chi connectivity index (χ0) is 30.7. The molecule has 3 unspecified atom stereocenters. The van der Waals surface area contributed by atoms with Gasteiger partial charge in [-0.05, 0) is 61.7 Å². The van der Waals surface area contributed by atoms with Gasteiger partial charge in [-0.15, -0.1) is 5.06 Å². The molecule has 232 valence electrons. The Morgan fingerprint density at radius 1 is 1.05 bits per heavy atom. The normalized spacial score (nSPS) is 18.2. The van der Waals surface area contributed by atoms with Gasteiger partial charge in [0.2, 0.25) is 0 Å². The second-order valence-electron chi connectivity index (χ2n) is 11.3. The minimum atomic E-state index is -0.748. The lowest BCUT2D eigenvalue weighted by Gasteiger charge is -2.39. The van der Waals surface area contributed by atoms with Crippen LogP contribution >= 0.6 is 0 Å². The van der Waals surface area contributed by atoms with E-state index in [1.807, 2.05) is 42.5 Å². The van der Waals surface area contributed by atoms with Crippen molar-refractivity contribution in [2.24, 2.45) is 0 Å². The van der Waals surface area contributed by atoms with Crippen molar-refractivity contribution in [3.8, 4) is 5.75 Å².